The van der Waals surface area contributed by atoms with Crippen LogP contribution < -0.4 is 0 Å². The number of benzene rings is 1. The lowest BCUT2D eigenvalue weighted by molar-refractivity contribution is 0.0672. The van der Waals surface area contributed by atoms with Crippen molar-refractivity contribution in [1.82, 2.24) is 4.90 Å². The molecule has 2 nitrogen and oxygen atoms in total. The molecule has 2 rings (SSSR count). The summed E-state index contributed by atoms with van der Waals surface area (Å²) in [7, 11) is 1.91. The van der Waals surface area contributed by atoms with Crippen LogP contribution in [0.5, 0.6) is 0 Å². The summed E-state index contributed by atoms with van der Waals surface area (Å²) in [4.78, 5) is 14.4. The van der Waals surface area contributed by atoms with E-state index in [2.05, 4.69) is 22.9 Å². The first-order chi connectivity index (χ1) is 8.99. The number of hydrogen-bond acceptors (Lipinski definition) is 1. The molecule has 19 heavy (non-hydrogen) atoms. The lowest BCUT2D eigenvalue weighted by atomic mass is 9.86. The summed E-state index contributed by atoms with van der Waals surface area (Å²) in [6.07, 6.45) is 4.72. The van der Waals surface area contributed by atoms with Crippen LogP contribution in [0.3, 0.4) is 0 Å². The van der Waals surface area contributed by atoms with Gasteiger partial charge in [0, 0.05) is 23.1 Å². The molecule has 1 fully saturated rings. The number of carbonyl (C=O) groups is 1. The average Bonchev–Trinajstić information content (AvgIpc) is 2.40. The van der Waals surface area contributed by atoms with E-state index in [1.54, 1.807) is 18.2 Å². The third kappa shape index (κ3) is 3.51. The van der Waals surface area contributed by atoms with Crippen LogP contribution in [0.15, 0.2) is 22.7 Å². The van der Waals surface area contributed by atoms with Crippen LogP contribution in [0, 0.1) is 5.92 Å². The Balaban J connectivity index is 2.11. The average molecular weight is 345 g/mol. The van der Waals surface area contributed by atoms with E-state index in [1.807, 2.05) is 11.9 Å². The molecule has 0 radical (unpaired) electrons. The van der Waals surface area contributed by atoms with E-state index in [9.17, 15) is 4.79 Å². The fourth-order valence-electron chi connectivity index (χ4n) is 2.75. The zero-order valence-electron chi connectivity index (χ0n) is 11.3. The quantitative estimate of drug-likeness (QED) is 0.758. The molecule has 0 aromatic heterocycles. The highest BCUT2D eigenvalue weighted by atomic mass is 79.9. The Morgan fingerprint density at radius 3 is 2.79 bits per heavy atom. The van der Waals surface area contributed by atoms with Gasteiger partial charge in [0.15, 0.2) is 0 Å². The molecule has 2 unspecified atom stereocenters. The fraction of sp³-hybridized carbons (Fsp3) is 0.533. The highest BCUT2D eigenvalue weighted by Crippen LogP contribution is 2.28. The summed E-state index contributed by atoms with van der Waals surface area (Å²) in [5.41, 5.74) is 0.692. The van der Waals surface area contributed by atoms with Crippen molar-refractivity contribution in [2.75, 3.05) is 7.05 Å². The minimum absolute atomic E-state index is 0.0801. The Labute approximate surface area is 128 Å². The number of hydrogen-bond donors (Lipinski definition) is 0. The van der Waals surface area contributed by atoms with E-state index in [0.29, 0.717) is 22.5 Å². The van der Waals surface area contributed by atoms with Crippen LogP contribution in [0.4, 0.5) is 0 Å². The van der Waals surface area contributed by atoms with E-state index < -0.39 is 0 Å². The number of rotatable bonds is 2. The van der Waals surface area contributed by atoms with Crippen LogP contribution in [-0.2, 0) is 0 Å². The van der Waals surface area contributed by atoms with Crippen molar-refractivity contribution < 1.29 is 4.79 Å². The molecule has 1 saturated carbocycles. The monoisotopic (exact) mass is 343 g/mol. The maximum absolute atomic E-state index is 12.5. The van der Waals surface area contributed by atoms with E-state index >= 15 is 0 Å². The third-order valence-electron chi connectivity index (χ3n) is 3.94. The maximum atomic E-state index is 12.5. The predicted molar refractivity (Wildman–Crippen MR) is 82.7 cm³/mol. The molecule has 0 heterocycles. The molecule has 1 aliphatic carbocycles. The molecule has 2 atom stereocenters. The predicted octanol–water partition coefficient (Wildman–Crippen LogP) is 4.75. The van der Waals surface area contributed by atoms with Gasteiger partial charge >= 0.3 is 0 Å². The van der Waals surface area contributed by atoms with Crippen molar-refractivity contribution in [3.8, 4) is 0 Å². The Kier molecular flexibility index (Phi) is 4.91. The molecule has 1 aliphatic rings. The third-order valence-corrected chi connectivity index (χ3v) is 5.16. The minimum atomic E-state index is 0.0801. The van der Waals surface area contributed by atoms with Crippen LogP contribution in [-0.4, -0.2) is 23.9 Å². The number of halogens is 2. The van der Waals surface area contributed by atoms with Crippen LogP contribution >= 0.6 is 27.5 Å². The van der Waals surface area contributed by atoms with Crippen molar-refractivity contribution in [1.29, 1.82) is 0 Å². The van der Waals surface area contributed by atoms with E-state index in [0.717, 1.165) is 17.3 Å². The van der Waals surface area contributed by atoms with Crippen molar-refractivity contribution in [3.05, 3.63) is 33.3 Å². The van der Waals surface area contributed by atoms with Gasteiger partial charge in [-0.3, -0.25) is 4.79 Å². The first-order valence-corrected chi connectivity index (χ1v) is 7.88. The smallest absolute Gasteiger partial charge is 0.253 e. The first kappa shape index (κ1) is 14.9. The van der Waals surface area contributed by atoms with Crippen LogP contribution in [0.2, 0.25) is 5.02 Å². The molecule has 0 spiro atoms. The SMILES string of the molecule is CC1CCCC(N(C)C(=O)c2ccc(Cl)c(Br)c2)C1. The molecule has 1 aromatic rings. The molecule has 4 heteroatoms. The number of carbonyl (C=O) groups excluding carboxylic acids is 1. The summed E-state index contributed by atoms with van der Waals surface area (Å²) in [6, 6.07) is 5.72. The lowest BCUT2D eigenvalue weighted by Crippen LogP contribution is -2.39. The standard InChI is InChI=1S/C15H19BrClNO/c1-10-4-3-5-12(8-10)18(2)15(19)11-6-7-14(17)13(16)9-11/h6-7,9-10,12H,3-5,8H2,1-2H3. The molecule has 0 aliphatic heterocycles. The van der Waals surface area contributed by atoms with Crippen molar-refractivity contribution in [2.45, 2.75) is 38.6 Å². The van der Waals surface area contributed by atoms with E-state index in [-0.39, 0.29) is 5.91 Å². The molecule has 0 N–H and O–H groups in total. The van der Waals surface area contributed by atoms with Gasteiger partial charge in [0.25, 0.3) is 5.91 Å². The molecule has 0 bridgehead atoms. The minimum Gasteiger partial charge on any atom is -0.339 e. The van der Waals surface area contributed by atoms with Gasteiger partial charge in [-0.05, 0) is 52.9 Å². The molecule has 0 saturated heterocycles. The Morgan fingerprint density at radius 1 is 1.42 bits per heavy atom. The van der Waals surface area contributed by atoms with Crippen molar-refractivity contribution in [3.63, 3.8) is 0 Å². The zero-order chi connectivity index (χ0) is 14.0. The van der Waals surface area contributed by atoms with Gasteiger partial charge < -0.3 is 4.90 Å². The highest BCUT2D eigenvalue weighted by Gasteiger charge is 2.26. The van der Waals surface area contributed by atoms with Gasteiger partial charge in [-0.25, -0.2) is 0 Å². The zero-order valence-corrected chi connectivity index (χ0v) is 13.7. The van der Waals surface area contributed by atoms with Gasteiger partial charge in [0.2, 0.25) is 0 Å². The van der Waals surface area contributed by atoms with Gasteiger partial charge in [0.1, 0.15) is 0 Å². The lowest BCUT2D eigenvalue weighted by Gasteiger charge is -2.34. The normalized spacial score (nSPS) is 23.2. The van der Waals surface area contributed by atoms with Crippen molar-refractivity contribution >= 4 is 33.4 Å². The van der Waals surface area contributed by atoms with Gasteiger partial charge in [-0.15, -0.1) is 0 Å². The van der Waals surface area contributed by atoms with Crippen LogP contribution in [0.1, 0.15) is 43.0 Å². The Bertz CT molecular complexity index is 477. The largest absolute Gasteiger partial charge is 0.339 e. The highest BCUT2D eigenvalue weighted by molar-refractivity contribution is 9.10. The summed E-state index contributed by atoms with van der Waals surface area (Å²) >= 11 is 9.33. The number of amides is 1. The summed E-state index contributed by atoms with van der Waals surface area (Å²) in [5, 5.41) is 0.630. The van der Waals surface area contributed by atoms with Gasteiger partial charge in [-0.2, -0.15) is 0 Å². The van der Waals surface area contributed by atoms with Crippen LogP contribution in [0.25, 0.3) is 0 Å². The number of nitrogens with zero attached hydrogens (tertiary/aromatic N) is 1. The summed E-state index contributed by atoms with van der Waals surface area (Å²) in [5.74, 6) is 0.794. The summed E-state index contributed by atoms with van der Waals surface area (Å²) < 4.78 is 0.769. The second kappa shape index (κ2) is 6.27. The van der Waals surface area contributed by atoms with Gasteiger partial charge in [0.05, 0.1) is 5.02 Å². The molecule has 104 valence electrons. The molecule has 1 amide bonds. The van der Waals surface area contributed by atoms with E-state index in [4.69, 9.17) is 11.6 Å². The van der Waals surface area contributed by atoms with E-state index in [1.165, 1.54) is 12.8 Å². The second-order valence-corrected chi connectivity index (χ2v) is 6.73. The fourth-order valence-corrected chi connectivity index (χ4v) is 3.25. The maximum Gasteiger partial charge on any atom is 0.253 e. The summed E-state index contributed by atoms with van der Waals surface area (Å²) in [6.45, 7) is 2.27. The van der Waals surface area contributed by atoms with Crippen molar-refractivity contribution in [2.24, 2.45) is 5.92 Å². The first-order valence-electron chi connectivity index (χ1n) is 6.71. The second-order valence-electron chi connectivity index (χ2n) is 5.47. The Morgan fingerprint density at radius 2 is 2.16 bits per heavy atom. The van der Waals surface area contributed by atoms with Gasteiger partial charge in [-0.1, -0.05) is 31.4 Å². The molecular formula is C15H19BrClNO. The molecular weight excluding hydrogens is 326 g/mol. The molecule has 1 aromatic carbocycles. The topological polar surface area (TPSA) is 20.3 Å². The Hall–Kier alpha value is -0.540.